The Balaban J connectivity index is 1.28. The van der Waals surface area contributed by atoms with Crippen LogP contribution in [0.2, 0.25) is 0 Å². The van der Waals surface area contributed by atoms with Crippen LogP contribution in [0, 0.1) is 10.1 Å². The maximum absolute atomic E-state index is 12.3. The molecule has 10 nitrogen and oxygen atoms in total. The lowest BCUT2D eigenvalue weighted by Gasteiger charge is -2.09. The summed E-state index contributed by atoms with van der Waals surface area (Å²) in [6.45, 7) is 0.182. The van der Waals surface area contributed by atoms with E-state index in [-0.39, 0.29) is 36.6 Å². The minimum absolute atomic E-state index is 0.0562. The number of carbonyl (C=O) groups is 2. The molecule has 0 saturated carbocycles. The predicted molar refractivity (Wildman–Crippen MR) is 120 cm³/mol. The van der Waals surface area contributed by atoms with Crippen LogP contribution in [0.25, 0.3) is 21.9 Å². The number of hydrogen-bond donors (Lipinski definition) is 2. The van der Waals surface area contributed by atoms with Crippen molar-refractivity contribution in [1.82, 2.24) is 15.4 Å². The molecule has 0 aliphatic heterocycles. The van der Waals surface area contributed by atoms with Crippen LogP contribution in [0.3, 0.4) is 0 Å². The Bertz CT molecular complexity index is 1420. The number of benzene rings is 3. The Labute approximate surface area is 186 Å². The molecule has 0 radical (unpaired) electrons. The van der Waals surface area contributed by atoms with Gasteiger partial charge in [0, 0.05) is 19.0 Å². The molecule has 1 heterocycles. The molecule has 0 unspecified atom stereocenters. The number of fused-ring (bicyclic) bond motifs is 2. The third-order valence-corrected chi connectivity index (χ3v) is 5.22. The first-order valence-corrected chi connectivity index (χ1v) is 10.2. The van der Waals surface area contributed by atoms with E-state index in [0.717, 1.165) is 16.3 Å². The summed E-state index contributed by atoms with van der Waals surface area (Å²) in [4.78, 5) is 46.7. The van der Waals surface area contributed by atoms with E-state index in [4.69, 9.17) is 4.42 Å². The van der Waals surface area contributed by atoms with Gasteiger partial charge in [0.2, 0.25) is 11.8 Å². The zero-order valence-electron chi connectivity index (χ0n) is 17.4. The zero-order chi connectivity index (χ0) is 23.4. The highest BCUT2D eigenvalue weighted by Crippen LogP contribution is 2.20. The molecule has 1 aromatic heterocycles. The Morgan fingerprint density at radius 1 is 1.00 bits per heavy atom. The molecule has 0 aliphatic rings. The summed E-state index contributed by atoms with van der Waals surface area (Å²) in [6.07, 6.45) is 0.474. The molecule has 0 aliphatic carbocycles. The predicted octanol–water partition coefficient (Wildman–Crippen LogP) is 2.83. The SMILES string of the molecule is O=C(CCCn1c(=O)oc2cc([N+](=O)[O-])ccc21)NNC(=O)Cc1cccc2ccccc12. The molecule has 0 fully saturated rings. The third-order valence-electron chi connectivity index (χ3n) is 5.22. The maximum Gasteiger partial charge on any atom is 0.419 e. The second kappa shape index (κ2) is 9.35. The van der Waals surface area contributed by atoms with Crippen molar-refractivity contribution in [3.63, 3.8) is 0 Å². The molecule has 0 spiro atoms. The van der Waals surface area contributed by atoms with Crippen molar-refractivity contribution in [2.45, 2.75) is 25.8 Å². The molecule has 33 heavy (non-hydrogen) atoms. The standard InChI is InChI=1S/C23H20N4O6/c28-21(24-25-22(29)13-16-7-3-6-15-5-1-2-8-18(15)16)9-4-12-26-19-11-10-17(27(31)32)14-20(19)33-23(26)30/h1-3,5-8,10-11,14H,4,9,12-13H2,(H,24,28)(H,25,29). The largest absolute Gasteiger partial charge is 0.419 e. The number of nitrogens with zero attached hydrogens (tertiary/aromatic N) is 2. The van der Waals surface area contributed by atoms with E-state index in [0.29, 0.717) is 11.9 Å². The molecular weight excluding hydrogens is 428 g/mol. The van der Waals surface area contributed by atoms with E-state index in [9.17, 15) is 24.5 Å². The van der Waals surface area contributed by atoms with Crippen molar-refractivity contribution < 1.29 is 18.9 Å². The van der Waals surface area contributed by atoms with E-state index in [2.05, 4.69) is 10.9 Å². The summed E-state index contributed by atoms with van der Waals surface area (Å²) in [5, 5.41) is 12.9. The first-order valence-electron chi connectivity index (χ1n) is 10.2. The average Bonchev–Trinajstić information content (AvgIpc) is 3.12. The van der Waals surface area contributed by atoms with Crippen LogP contribution in [0.15, 0.2) is 69.9 Å². The molecular formula is C23H20N4O6. The first-order chi connectivity index (χ1) is 15.9. The summed E-state index contributed by atoms with van der Waals surface area (Å²) in [7, 11) is 0. The van der Waals surface area contributed by atoms with Gasteiger partial charge in [0.1, 0.15) is 0 Å². The van der Waals surface area contributed by atoms with Crippen LogP contribution < -0.4 is 16.6 Å². The van der Waals surface area contributed by atoms with Crippen molar-refractivity contribution in [2.24, 2.45) is 0 Å². The normalized spacial score (nSPS) is 10.9. The zero-order valence-corrected chi connectivity index (χ0v) is 17.4. The van der Waals surface area contributed by atoms with Gasteiger partial charge in [0.15, 0.2) is 5.58 Å². The minimum Gasteiger partial charge on any atom is -0.407 e. The van der Waals surface area contributed by atoms with Crippen LogP contribution in [0.1, 0.15) is 18.4 Å². The fourth-order valence-electron chi connectivity index (χ4n) is 3.64. The monoisotopic (exact) mass is 448 g/mol. The van der Waals surface area contributed by atoms with Gasteiger partial charge in [0.05, 0.1) is 22.9 Å². The average molecular weight is 448 g/mol. The van der Waals surface area contributed by atoms with Gasteiger partial charge in [-0.3, -0.25) is 35.1 Å². The number of nitro benzene ring substituents is 1. The molecule has 0 atom stereocenters. The molecule has 2 amide bonds. The summed E-state index contributed by atoms with van der Waals surface area (Å²) < 4.78 is 6.37. The van der Waals surface area contributed by atoms with Crippen molar-refractivity contribution in [3.05, 3.63) is 86.9 Å². The van der Waals surface area contributed by atoms with Crippen LogP contribution in [0.4, 0.5) is 5.69 Å². The van der Waals surface area contributed by atoms with E-state index in [1.165, 1.54) is 22.8 Å². The lowest BCUT2D eigenvalue weighted by atomic mass is 10.0. The number of aryl methyl sites for hydroxylation is 1. The van der Waals surface area contributed by atoms with Crippen LogP contribution in [-0.4, -0.2) is 21.3 Å². The molecule has 4 rings (SSSR count). The molecule has 168 valence electrons. The fraction of sp³-hybridized carbons (Fsp3) is 0.174. The van der Waals surface area contributed by atoms with Crippen molar-refractivity contribution >= 4 is 39.4 Å². The van der Waals surface area contributed by atoms with Crippen LogP contribution in [0.5, 0.6) is 0 Å². The van der Waals surface area contributed by atoms with Gasteiger partial charge in [-0.25, -0.2) is 4.79 Å². The second-order valence-electron chi connectivity index (χ2n) is 7.44. The number of oxazole rings is 1. The summed E-state index contributed by atoms with van der Waals surface area (Å²) in [5.74, 6) is -1.41. The molecule has 4 aromatic rings. The highest BCUT2D eigenvalue weighted by Gasteiger charge is 2.14. The number of hydrogen-bond acceptors (Lipinski definition) is 6. The molecule has 10 heteroatoms. The number of hydrazine groups is 1. The van der Waals surface area contributed by atoms with Gasteiger partial charge < -0.3 is 4.42 Å². The highest BCUT2D eigenvalue weighted by molar-refractivity contribution is 5.90. The minimum atomic E-state index is -0.658. The highest BCUT2D eigenvalue weighted by atomic mass is 16.6. The molecule has 3 aromatic carbocycles. The van der Waals surface area contributed by atoms with Gasteiger partial charge in [-0.15, -0.1) is 0 Å². The van der Waals surface area contributed by atoms with Crippen molar-refractivity contribution in [2.75, 3.05) is 0 Å². The molecule has 0 bridgehead atoms. The van der Waals surface area contributed by atoms with Gasteiger partial charge in [-0.05, 0) is 28.8 Å². The Morgan fingerprint density at radius 2 is 1.76 bits per heavy atom. The number of rotatable bonds is 7. The second-order valence-corrected chi connectivity index (χ2v) is 7.44. The van der Waals surface area contributed by atoms with Gasteiger partial charge in [-0.2, -0.15) is 0 Å². The van der Waals surface area contributed by atoms with E-state index in [1.54, 1.807) is 0 Å². The van der Waals surface area contributed by atoms with E-state index >= 15 is 0 Å². The third kappa shape index (κ3) is 4.90. The number of amides is 2. The van der Waals surface area contributed by atoms with Crippen LogP contribution in [-0.2, 0) is 22.6 Å². The maximum atomic E-state index is 12.3. The Morgan fingerprint density at radius 3 is 2.58 bits per heavy atom. The first kappa shape index (κ1) is 21.8. The van der Waals surface area contributed by atoms with Gasteiger partial charge in [-0.1, -0.05) is 42.5 Å². The lowest BCUT2D eigenvalue weighted by molar-refractivity contribution is -0.384. The summed E-state index contributed by atoms with van der Waals surface area (Å²) in [5.41, 5.74) is 5.98. The van der Waals surface area contributed by atoms with Crippen LogP contribution >= 0.6 is 0 Å². The fourth-order valence-corrected chi connectivity index (χ4v) is 3.64. The number of nitro groups is 1. The summed E-state index contributed by atoms with van der Waals surface area (Å²) >= 11 is 0. The molecule has 2 N–H and O–H groups in total. The lowest BCUT2D eigenvalue weighted by Crippen LogP contribution is -2.42. The van der Waals surface area contributed by atoms with Crippen molar-refractivity contribution in [3.8, 4) is 0 Å². The smallest absolute Gasteiger partial charge is 0.407 e. The number of aromatic nitrogens is 1. The van der Waals surface area contributed by atoms with Gasteiger partial charge >= 0.3 is 5.76 Å². The number of carbonyl (C=O) groups excluding carboxylic acids is 2. The van der Waals surface area contributed by atoms with E-state index < -0.39 is 16.6 Å². The number of non-ortho nitro benzene ring substituents is 1. The van der Waals surface area contributed by atoms with Gasteiger partial charge in [0.25, 0.3) is 5.69 Å². The summed E-state index contributed by atoms with van der Waals surface area (Å²) in [6, 6.07) is 17.4. The molecule has 0 saturated heterocycles. The van der Waals surface area contributed by atoms with E-state index in [1.807, 2.05) is 42.5 Å². The number of nitrogens with one attached hydrogen (secondary N) is 2. The topological polar surface area (TPSA) is 136 Å². The van der Waals surface area contributed by atoms with Crippen molar-refractivity contribution in [1.29, 1.82) is 0 Å². The quantitative estimate of drug-likeness (QED) is 0.330. The Hall–Kier alpha value is -4.47. The Kier molecular flexibility index (Phi) is 6.16.